The first kappa shape index (κ1) is 10.7. The van der Waals surface area contributed by atoms with Crippen LogP contribution in [-0.4, -0.2) is 12.2 Å². The van der Waals surface area contributed by atoms with Crippen molar-refractivity contribution in [2.45, 2.75) is 63.4 Å². The van der Waals surface area contributed by atoms with E-state index >= 15 is 0 Å². The lowest BCUT2D eigenvalue weighted by molar-refractivity contribution is -0.198. The van der Waals surface area contributed by atoms with Crippen LogP contribution >= 0.6 is 0 Å². The van der Waals surface area contributed by atoms with E-state index in [1.807, 2.05) is 5.92 Å². The molecule has 0 aromatic rings. The zero-order chi connectivity index (χ0) is 11.7. The Kier molecular flexibility index (Phi) is 2.10. The van der Waals surface area contributed by atoms with Gasteiger partial charge in [-0.25, -0.2) is 0 Å². The molecule has 0 aromatic carbocycles. The summed E-state index contributed by atoms with van der Waals surface area (Å²) in [5, 5.41) is 0. The molecule has 1 heteroatoms. The van der Waals surface area contributed by atoms with Crippen LogP contribution in [0.4, 0.5) is 0 Å². The van der Waals surface area contributed by atoms with Crippen LogP contribution in [0.15, 0.2) is 0 Å². The second-order valence-electron chi connectivity index (χ2n) is 8.06. The van der Waals surface area contributed by atoms with Crippen LogP contribution in [-0.2, 0) is 4.74 Å². The predicted octanol–water partition coefficient (Wildman–Crippen LogP) is 3.98. The molecule has 0 amide bonds. The van der Waals surface area contributed by atoms with Gasteiger partial charge >= 0.3 is 0 Å². The van der Waals surface area contributed by atoms with Gasteiger partial charge in [-0.1, -0.05) is 0 Å². The molecule has 18 heavy (non-hydrogen) atoms. The molecule has 1 nitrogen and oxygen atoms in total. The SMILES string of the molecule is C1CC2(C3[C]4CC5CC(C4)CC3C5)CCC1CO2. The molecule has 7 fully saturated rings. The van der Waals surface area contributed by atoms with E-state index in [0.29, 0.717) is 5.60 Å². The number of fused-ring (bicyclic) bond motifs is 3. The lowest BCUT2D eigenvalue weighted by atomic mass is 9.47. The summed E-state index contributed by atoms with van der Waals surface area (Å²) in [4.78, 5) is 0. The first-order valence-corrected chi connectivity index (χ1v) is 8.31. The maximum atomic E-state index is 6.47. The maximum absolute atomic E-state index is 6.47. The molecule has 7 aliphatic rings. The van der Waals surface area contributed by atoms with Crippen molar-refractivity contribution in [2.75, 3.05) is 6.61 Å². The first-order valence-electron chi connectivity index (χ1n) is 8.31. The van der Waals surface area contributed by atoms with Gasteiger partial charge in [0.1, 0.15) is 0 Å². The van der Waals surface area contributed by atoms with Gasteiger partial charge in [0.2, 0.25) is 0 Å². The maximum Gasteiger partial charge on any atom is 0.0719 e. The molecule has 7 rings (SSSR count). The van der Waals surface area contributed by atoms with Gasteiger partial charge in [0.15, 0.2) is 0 Å². The summed E-state index contributed by atoms with van der Waals surface area (Å²) in [5.74, 6) is 6.91. The van der Waals surface area contributed by atoms with Crippen molar-refractivity contribution in [3.63, 3.8) is 0 Å². The zero-order valence-corrected chi connectivity index (χ0v) is 11.4. The third-order valence-electron chi connectivity index (χ3n) is 7.08. The van der Waals surface area contributed by atoms with E-state index in [0.717, 1.165) is 36.2 Å². The Morgan fingerprint density at radius 1 is 0.889 bits per heavy atom. The van der Waals surface area contributed by atoms with Crippen LogP contribution in [0.2, 0.25) is 0 Å². The summed E-state index contributed by atoms with van der Waals surface area (Å²) in [7, 11) is 0. The number of hydrogen-bond acceptors (Lipinski definition) is 1. The van der Waals surface area contributed by atoms with Gasteiger partial charge in [-0.3, -0.25) is 0 Å². The summed E-state index contributed by atoms with van der Waals surface area (Å²) < 4.78 is 6.47. The van der Waals surface area contributed by atoms with Gasteiger partial charge in [0.05, 0.1) is 12.2 Å². The second-order valence-corrected chi connectivity index (χ2v) is 8.06. The standard InChI is InChI=1S/C17H25O/c1-3-17(4-2-11(1)10-18-17)16-14-6-12-5-13(8-14)9-15(16)7-12/h11-14,16H,1-10H2. The highest BCUT2D eigenvalue weighted by Crippen LogP contribution is 2.63. The molecule has 2 saturated heterocycles. The van der Waals surface area contributed by atoms with Crippen LogP contribution in [0.5, 0.6) is 0 Å². The Morgan fingerprint density at radius 2 is 1.61 bits per heavy atom. The van der Waals surface area contributed by atoms with E-state index in [9.17, 15) is 0 Å². The monoisotopic (exact) mass is 245 g/mol. The lowest BCUT2D eigenvalue weighted by Crippen LogP contribution is -2.59. The minimum Gasteiger partial charge on any atom is -0.374 e. The van der Waals surface area contributed by atoms with Gasteiger partial charge in [-0.2, -0.15) is 0 Å². The first-order chi connectivity index (χ1) is 8.82. The highest BCUT2D eigenvalue weighted by molar-refractivity contribution is 5.19. The average molecular weight is 245 g/mol. The summed E-state index contributed by atoms with van der Waals surface area (Å²) in [6.45, 7) is 1.09. The minimum atomic E-state index is 0.321. The smallest absolute Gasteiger partial charge is 0.0719 e. The second kappa shape index (κ2) is 3.53. The van der Waals surface area contributed by atoms with Crippen LogP contribution in [0.25, 0.3) is 0 Å². The third-order valence-corrected chi connectivity index (χ3v) is 7.08. The molecule has 3 unspecified atom stereocenters. The Hall–Kier alpha value is -0.0400. The van der Waals surface area contributed by atoms with Crippen molar-refractivity contribution >= 4 is 0 Å². The molecule has 0 spiro atoms. The van der Waals surface area contributed by atoms with Crippen LogP contribution in [0, 0.1) is 35.5 Å². The van der Waals surface area contributed by atoms with Crippen molar-refractivity contribution in [1.82, 2.24) is 0 Å². The van der Waals surface area contributed by atoms with Crippen molar-refractivity contribution in [2.24, 2.45) is 29.6 Å². The molecular formula is C17H25O. The molecule has 2 aliphatic heterocycles. The summed E-state index contributed by atoms with van der Waals surface area (Å²) in [6, 6.07) is 0. The van der Waals surface area contributed by atoms with E-state index in [2.05, 4.69) is 0 Å². The predicted molar refractivity (Wildman–Crippen MR) is 70.9 cm³/mol. The van der Waals surface area contributed by atoms with Crippen molar-refractivity contribution in [1.29, 1.82) is 0 Å². The quantitative estimate of drug-likeness (QED) is 0.679. The number of hydrogen-bond donors (Lipinski definition) is 0. The molecule has 5 saturated carbocycles. The minimum absolute atomic E-state index is 0.321. The zero-order valence-electron chi connectivity index (χ0n) is 11.4. The summed E-state index contributed by atoms with van der Waals surface area (Å²) in [6.07, 6.45) is 13.3. The largest absolute Gasteiger partial charge is 0.374 e. The van der Waals surface area contributed by atoms with Crippen LogP contribution in [0.1, 0.15) is 57.8 Å². The van der Waals surface area contributed by atoms with Crippen molar-refractivity contribution < 1.29 is 4.74 Å². The fourth-order valence-corrected chi connectivity index (χ4v) is 6.60. The Labute approximate surface area is 111 Å². The van der Waals surface area contributed by atoms with Gasteiger partial charge in [-0.15, -0.1) is 0 Å². The molecule has 3 atom stereocenters. The van der Waals surface area contributed by atoms with E-state index in [4.69, 9.17) is 4.74 Å². The molecule has 5 aliphatic carbocycles. The lowest BCUT2D eigenvalue weighted by Gasteiger charge is -2.62. The average Bonchev–Trinajstić information content (AvgIpc) is 2.39. The Morgan fingerprint density at radius 3 is 2.17 bits per heavy atom. The molecule has 1 radical (unpaired) electrons. The highest BCUT2D eigenvalue weighted by Gasteiger charge is 2.58. The van der Waals surface area contributed by atoms with Gasteiger partial charge in [0.25, 0.3) is 0 Å². The molecule has 2 heterocycles. The summed E-state index contributed by atoms with van der Waals surface area (Å²) in [5.41, 5.74) is 0.321. The summed E-state index contributed by atoms with van der Waals surface area (Å²) >= 11 is 0. The number of rotatable bonds is 1. The molecular weight excluding hydrogens is 220 g/mol. The van der Waals surface area contributed by atoms with Crippen molar-refractivity contribution in [3.8, 4) is 0 Å². The Balaban J connectivity index is 1.49. The molecule has 6 bridgehead atoms. The molecule has 99 valence electrons. The highest BCUT2D eigenvalue weighted by atomic mass is 16.5. The molecule has 0 N–H and O–H groups in total. The van der Waals surface area contributed by atoms with E-state index in [1.165, 1.54) is 38.5 Å². The van der Waals surface area contributed by atoms with E-state index < -0.39 is 0 Å². The Bertz CT molecular complexity index is 311. The fourth-order valence-electron chi connectivity index (χ4n) is 6.60. The normalized spacial score (nSPS) is 58.3. The van der Waals surface area contributed by atoms with Crippen molar-refractivity contribution in [3.05, 3.63) is 5.92 Å². The fraction of sp³-hybridized carbons (Fsp3) is 0.941. The van der Waals surface area contributed by atoms with E-state index in [-0.39, 0.29) is 0 Å². The van der Waals surface area contributed by atoms with E-state index in [1.54, 1.807) is 19.3 Å². The number of ether oxygens (including phenoxy) is 1. The van der Waals surface area contributed by atoms with Crippen LogP contribution < -0.4 is 0 Å². The molecule has 0 aromatic heterocycles. The topological polar surface area (TPSA) is 9.23 Å². The van der Waals surface area contributed by atoms with Crippen LogP contribution in [0.3, 0.4) is 0 Å². The van der Waals surface area contributed by atoms with Gasteiger partial charge < -0.3 is 4.74 Å². The van der Waals surface area contributed by atoms with Gasteiger partial charge in [-0.05, 0) is 93.3 Å². The third kappa shape index (κ3) is 1.32. The van der Waals surface area contributed by atoms with Gasteiger partial charge in [0, 0.05) is 0 Å².